The number of carbonyl (C=O) groups is 1. The van der Waals surface area contributed by atoms with Gasteiger partial charge < -0.3 is 4.74 Å². The van der Waals surface area contributed by atoms with Crippen molar-refractivity contribution in [2.45, 2.75) is 75.8 Å². The Labute approximate surface area is 217 Å². The summed E-state index contributed by atoms with van der Waals surface area (Å²) in [5.41, 5.74) is 1.09. The number of amides is 1. The Morgan fingerprint density at radius 3 is 2.50 bits per heavy atom. The molecule has 2 N–H and O–H groups in total. The van der Waals surface area contributed by atoms with E-state index in [4.69, 9.17) is 4.74 Å². The molecule has 3 aromatic rings. The lowest BCUT2D eigenvalue weighted by Gasteiger charge is -2.22. The molecular weight excluding hydrogens is 494 g/mol. The second-order valence-electron chi connectivity index (χ2n) is 10.2. The van der Waals surface area contributed by atoms with Crippen LogP contribution in [0.15, 0.2) is 59.6 Å². The highest BCUT2D eigenvalue weighted by Gasteiger charge is 2.27. The second-order valence-corrected chi connectivity index (χ2v) is 12.9. The Morgan fingerprint density at radius 2 is 1.81 bits per heavy atom. The molecule has 36 heavy (non-hydrogen) atoms. The molecular formula is C27H33N3O4S2. The minimum atomic E-state index is -3.89. The lowest BCUT2D eigenvalue weighted by Crippen LogP contribution is -2.40. The smallest absolute Gasteiger partial charge is 0.411 e. The van der Waals surface area contributed by atoms with E-state index in [1.807, 2.05) is 30.3 Å². The fraction of sp³-hybridized carbons (Fsp3) is 0.407. The average Bonchev–Trinajstić information content (AvgIpc) is 3.33. The van der Waals surface area contributed by atoms with Gasteiger partial charge in [-0.2, -0.15) is 0 Å². The van der Waals surface area contributed by atoms with Crippen molar-refractivity contribution in [3.8, 4) is 10.4 Å². The third kappa shape index (κ3) is 6.93. The second kappa shape index (κ2) is 11.1. The van der Waals surface area contributed by atoms with Crippen molar-refractivity contribution in [3.05, 3.63) is 65.3 Å². The molecule has 0 bridgehead atoms. The van der Waals surface area contributed by atoms with Gasteiger partial charge in [-0.05, 0) is 51.3 Å². The number of hydrogen-bond donors (Lipinski definition) is 2. The quantitative estimate of drug-likeness (QED) is 0.357. The highest BCUT2D eigenvalue weighted by molar-refractivity contribution is 7.89. The van der Waals surface area contributed by atoms with Gasteiger partial charge in [0, 0.05) is 28.9 Å². The van der Waals surface area contributed by atoms with Gasteiger partial charge in [-0.25, -0.2) is 22.9 Å². The number of hydrogen-bond acceptors (Lipinski definition) is 6. The minimum absolute atomic E-state index is 0.0946. The summed E-state index contributed by atoms with van der Waals surface area (Å²) >= 11 is 1.55. The van der Waals surface area contributed by atoms with E-state index in [-0.39, 0.29) is 11.5 Å². The van der Waals surface area contributed by atoms with Crippen molar-refractivity contribution in [1.82, 2.24) is 9.71 Å². The predicted molar refractivity (Wildman–Crippen MR) is 144 cm³/mol. The molecule has 0 spiro atoms. The van der Waals surface area contributed by atoms with E-state index in [1.54, 1.807) is 50.4 Å². The molecule has 1 heterocycles. The van der Waals surface area contributed by atoms with E-state index in [0.29, 0.717) is 17.2 Å². The molecule has 1 aromatic heterocycles. The van der Waals surface area contributed by atoms with Crippen molar-refractivity contribution in [3.63, 3.8) is 0 Å². The fourth-order valence-electron chi connectivity index (χ4n) is 4.31. The fourth-order valence-corrected chi connectivity index (χ4v) is 7.17. The number of rotatable bonds is 7. The third-order valence-corrected chi connectivity index (χ3v) is 8.91. The average molecular weight is 528 g/mol. The summed E-state index contributed by atoms with van der Waals surface area (Å²) in [6.07, 6.45) is 7.02. The van der Waals surface area contributed by atoms with Crippen LogP contribution in [-0.2, 0) is 21.4 Å². The molecule has 1 aliphatic carbocycles. The molecule has 0 radical (unpaired) electrons. The van der Waals surface area contributed by atoms with Crippen molar-refractivity contribution in [1.29, 1.82) is 0 Å². The zero-order valence-corrected chi connectivity index (χ0v) is 22.5. The molecule has 1 aliphatic rings. The number of thiazole rings is 1. The van der Waals surface area contributed by atoms with Crippen LogP contribution in [0.2, 0.25) is 0 Å². The summed E-state index contributed by atoms with van der Waals surface area (Å²) in [5, 5.41) is 3.72. The van der Waals surface area contributed by atoms with E-state index in [9.17, 15) is 13.2 Å². The molecule has 192 valence electrons. The topological polar surface area (TPSA) is 97.4 Å². The summed E-state index contributed by atoms with van der Waals surface area (Å²) < 4.78 is 34.9. The number of nitrogens with zero attached hydrogens (tertiary/aromatic N) is 1. The molecule has 1 amide bonds. The highest BCUT2D eigenvalue weighted by Crippen LogP contribution is 2.39. The van der Waals surface area contributed by atoms with E-state index in [1.165, 1.54) is 25.3 Å². The van der Waals surface area contributed by atoms with Gasteiger partial charge in [-0.15, -0.1) is 11.3 Å². The van der Waals surface area contributed by atoms with Crippen LogP contribution >= 0.6 is 11.3 Å². The molecule has 1 saturated carbocycles. The van der Waals surface area contributed by atoms with Gasteiger partial charge in [0.2, 0.25) is 10.0 Å². The minimum Gasteiger partial charge on any atom is -0.444 e. The predicted octanol–water partition coefficient (Wildman–Crippen LogP) is 6.68. The number of ether oxygens (including phenoxy) is 1. The van der Waals surface area contributed by atoms with Gasteiger partial charge in [0.05, 0.1) is 14.8 Å². The summed E-state index contributed by atoms with van der Waals surface area (Å²) in [4.78, 5) is 17.9. The standard InChI is InChI=1S/C27H33N3O4S2/c1-27(2,3)30-36(32,33)24-16-21(29-26(31)34-18-19-10-6-4-7-11-19)14-15-22(24)23-17-28-25(35-23)20-12-8-5-9-13-20/h4,6-7,10-11,14-17,20,30H,5,8-9,12-13,18H2,1-3H3,(H,29,31). The highest BCUT2D eigenvalue weighted by atomic mass is 32.2. The van der Waals surface area contributed by atoms with E-state index in [2.05, 4.69) is 15.0 Å². The lowest BCUT2D eigenvalue weighted by atomic mass is 9.90. The van der Waals surface area contributed by atoms with Gasteiger partial charge in [0.25, 0.3) is 0 Å². The molecule has 7 nitrogen and oxygen atoms in total. The Kier molecular flexibility index (Phi) is 8.12. The maximum Gasteiger partial charge on any atom is 0.411 e. The molecule has 4 rings (SSSR count). The number of sulfonamides is 1. The summed E-state index contributed by atoms with van der Waals surface area (Å²) in [6, 6.07) is 14.2. The SMILES string of the molecule is CC(C)(C)NS(=O)(=O)c1cc(NC(=O)OCc2ccccc2)ccc1-c1cnc(C2CCCCC2)s1. The number of anilines is 1. The van der Waals surface area contributed by atoms with Gasteiger partial charge in [-0.1, -0.05) is 55.7 Å². The first-order chi connectivity index (χ1) is 17.1. The molecule has 1 fully saturated rings. The maximum absolute atomic E-state index is 13.4. The normalized spacial score (nSPS) is 15.0. The first-order valence-electron chi connectivity index (χ1n) is 12.2. The Hall–Kier alpha value is -2.75. The van der Waals surface area contributed by atoms with Crippen LogP contribution < -0.4 is 10.0 Å². The van der Waals surface area contributed by atoms with E-state index >= 15 is 0 Å². The summed E-state index contributed by atoms with van der Waals surface area (Å²) in [7, 11) is -3.89. The zero-order valence-electron chi connectivity index (χ0n) is 20.9. The number of aromatic nitrogens is 1. The zero-order chi connectivity index (χ0) is 25.8. The maximum atomic E-state index is 13.4. The van der Waals surface area contributed by atoms with Crippen molar-refractivity contribution in [2.24, 2.45) is 0 Å². The number of nitrogens with one attached hydrogen (secondary N) is 2. The summed E-state index contributed by atoms with van der Waals surface area (Å²) in [6.45, 7) is 5.50. The van der Waals surface area contributed by atoms with Gasteiger partial charge in [0.15, 0.2) is 0 Å². The first kappa shape index (κ1) is 26.3. The summed E-state index contributed by atoms with van der Waals surface area (Å²) in [5.74, 6) is 0.436. The van der Waals surface area contributed by atoms with Crippen LogP contribution in [0.4, 0.5) is 10.5 Å². The van der Waals surface area contributed by atoms with Gasteiger partial charge in [-0.3, -0.25) is 5.32 Å². The molecule has 0 aliphatic heterocycles. The van der Waals surface area contributed by atoms with Crippen LogP contribution in [0, 0.1) is 0 Å². The molecule has 9 heteroatoms. The molecule has 0 atom stereocenters. The molecule has 0 saturated heterocycles. The molecule has 0 unspecified atom stereocenters. The first-order valence-corrected chi connectivity index (χ1v) is 14.5. The van der Waals surface area contributed by atoms with Crippen LogP contribution in [0.1, 0.15) is 69.4 Å². The largest absolute Gasteiger partial charge is 0.444 e. The van der Waals surface area contributed by atoms with Crippen molar-refractivity contribution < 1.29 is 17.9 Å². The van der Waals surface area contributed by atoms with Crippen LogP contribution in [-0.4, -0.2) is 25.0 Å². The van der Waals surface area contributed by atoms with Crippen molar-refractivity contribution in [2.75, 3.05) is 5.32 Å². The lowest BCUT2D eigenvalue weighted by molar-refractivity contribution is 0.155. The number of carbonyl (C=O) groups excluding carboxylic acids is 1. The molecule has 2 aromatic carbocycles. The van der Waals surface area contributed by atoms with Crippen molar-refractivity contribution >= 4 is 33.1 Å². The Balaban J connectivity index is 1.60. The van der Waals surface area contributed by atoms with E-state index < -0.39 is 21.7 Å². The van der Waals surface area contributed by atoms with Gasteiger partial charge in [0.1, 0.15) is 6.61 Å². The van der Waals surface area contributed by atoms with E-state index in [0.717, 1.165) is 28.3 Å². The third-order valence-electron chi connectivity index (χ3n) is 5.91. The van der Waals surface area contributed by atoms with Crippen LogP contribution in [0.3, 0.4) is 0 Å². The van der Waals surface area contributed by atoms with Crippen LogP contribution in [0.25, 0.3) is 10.4 Å². The van der Waals surface area contributed by atoms with Crippen LogP contribution in [0.5, 0.6) is 0 Å². The Bertz CT molecular complexity index is 1290. The monoisotopic (exact) mass is 527 g/mol. The number of benzene rings is 2. The van der Waals surface area contributed by atoms with Gasteiger partial charge >= 0.3 is 6.09 Å². The Morgan fingerprint density at radius 1 is 1.08 bits per heavy atom.